The summed E-state index contributed by atoms with van der Waals surface area (Å²) in [5.74, 6) is -0.194. The zero-order valence-corrected chi connectivity index (χ0v) is 6.31. The highest BCUT2D eigenvalue weighted by atomic mass is 16.1. The predicted molar refractivity (Wildman–Crippen MR) is 39.5 cm³/mol. The Morgan fingerprint density at radius 3 is 2.40 bits per heavy atom. The first-order valence-electron chi connectivity index (χ1n) is 3.76. The van der Waals surface area contributed by atoms with Crippen LogP contribution in [0.2, 0.25) is 0 Å². The second-order valence-corrected chi connectivity index (χ2v) is 2.83. The van der Waals surface area contributed by atoms with Crippen molar-refractivity contribution in [3.8, 4) is 0 Å². The van der Waals surface area contributed by atoms with Gasteiger partial charge in [0.2, 0.25) is 5.91 Å². The molecule has 58 valence electrons. The van der Waals surface area contributed by atoms with Gasteiger partial charge in [-0.2, -0.15) is 0 Å². The van der Waals surface area contributed by atoms with Gasteiger partial charge in [0.05, 0.1) is 5.54 Å². The summed E-state index contributed by atoms with van der Waals surface area (Å²) in [5.41, 5.74) is 4.88. The number of carbonyl (C=O) groups is 1. The van der Waals surface area contributed by atoms with Crippen LogP contribution in [0, 0.1) is 0 Å². The molecule has 1 amide bonds. The van der Waals surface area contributed by atoms with Crippen LogP contribution in [0.5, 0.6) is 0 Å². The van der Waals surface area contributed by atoms with Gasteiger partial charge in [0, 0.05) is 0 Å². The van der Waals surface area contributed by atoms with E-state index in [1.807, 2.05) is 6.92 Å². The molecular weight excluding hydrogens is 128 g/mol. The second kappa shape index (κ2) is 2.58. The topological polar surface area (TPSA) is 55.1 Å². The van der Waals surface area contributed by atoms with Gasteiger partial charge in [-0.25, -0.2) is 0 Å². The van der Waals surface area contributed by atoms with Crippen molar-refractivity contribution in [2.24, 2.45) is 5.73 Å². The molecular formula is C7H14N2O. The van der Waals surface area contributed by atoms with E-state index in [1.165, 1.54) is 0 Å². The van der Waals surface area contributed by atoms with Crippen molar-refractivity contribution in [1.29, 1.82) is 0 Å². The van der Waals surface area contributed by atoms with E-state index in [9.17, 15) is 4.79 Å². The van der Waals surface area contributed by atoms with E-state index in [1.54, 1.807) is 0 Å². The van der Waals surface area contributed by atoms with Gasteiger partial charge in [-0.3, -0.25) is 4.79 Å². The van der Waals surface area contributed by atoms with Crippen molar-refractivity contribution < 1.29 is 4.79 Å². The Morgan fingerprint density at radius 2 is 2.30 bits per heavy atom. The molecule has 3 N–H and O–H groups in total. The maximum Gasteiger partial charge on any atom is 0.237 e. The van der Waals surface area contributed by atoms with Crippen LogP contribution < -0.4 is 11.1 Å². The van der Waals surface area contributed by atoms with Crippen molar-refractivity contribution in [2.45, 2.75) is 31.7 Å². The van der Waals surface area contributed by atoms with Crippen LogP contribution in [0.4, 0.5) is 0 Å². The van der Waals surface area contributed by atoms with Gasteiger partial charge >= 0.3 is 0 Å². The molecule has 0 unspecified atom stereocenters. The second-order valence-electron chi connectivity index (χ2n) is 2.83. The van der Waals surface area contributed by atoms with E-state index in [-0.39, 0.29) is 11.4 Å². The number of primary amides is 1. The number of carbonyl (C=O) groups excluding carboxylic acids is 1. The first-order chi connectivity index (χ1) is 4.71. The van der Waals surface area contributed by atoms with Gasteiger partial charge in [0.15, 0.2) is 0 Å². The summed E-state index contributed by atoms with van der Waals surface area (Å²) in [4.78, 5) is 10.9. The molecule has 0 bridgehead atoms. The zero-order valence-electron chi connectivity index (χ0n) is 6.31. The van der Waals surface area contributed by atoms with E-state index in [0.717, 1.165) is 25.8 Å². The number of nitrogens with one attached hydrogen (secondary N) is 1. The van der Waals surface area contributed by atoms with Gasteiger partial charge in [-0.05, 0) is 25.8 Å². The maximum atomic E-state index is 10.9. The molecule has 3 nitrogen and oxygen atoms in total. The Bertz CT molecular complexity index is 141. The quantitative estimate of drug-likeness (QED) is 0.583. The average molecular weight is 142 g/mol. The molecule has 0 saturated heterocycles. The van der Waals surface area contributed by atoms with Crippen molar-refractivity contribution >= 4 is 5.91 Å². The van der Waals surface area contributed by atoms with Crippen LogP contribution in [0.3, 0.4) is 0 Å². The van der Waals surface area contributed by atoms with E-state index < -0.39 is 0 Å². The number of amides is 1. The van der Waals surface area contributed by atoms with Crippen LogP contribution in [0.25, 0.3) is 0 Å². The lowest BCUT2D eigenvalue weighted by atomic mass is 9.76. The van der Waals surface area contributed by atoms with Crippen LogP contribution in [0.1, 0.15) is 26.2 Å². The normalized spacial score (nSPS) is 21.7. The monoisotopic (exact) mass is 142 g/mol. The minimum Gasteiger partial charge on any atom is -0.368 e. The minimum absolute atomic E-state index is 0.194. The van der Waals surface area contributed by atoms with Crippen LogP contribution in [-0.2, 0) is 4.79 Å². The Hall–Kier alpha value is -0.570. The summed E-state index contributed by atoms with van der Waals surface area (Å²) >= 11 is 0. The standard InChI is InChI=1S/C7H14N2O/c1-2-9-7(6(8)10)4-3-5-7/h9H,2-5H2,1H3,(H2,8,10). The molecule has 1 fully saturated rings. The van der Waals surface area contributed by atoms with Gasteiger partial charge in [0.1, 0.15) is 0 Å². The Labute approximate surface area is 61.0 Å². The summed E-state index contributed by atoms with van der Waals surface area (Å²) in [5, 5.41) is 3.12. The molecule has 0 spiro atoms. The number of rotatable bonds is 3. The third kappa shape index (κ3) is 1.01. The lowest BCUT2D eigenvalue weighted by Crippen LogP contribution is -2.59. The molecule has 0 aromatic rings. The average Bonchev–Trinajstić information content (AvgIpc) is 1.77. The van der Waals surface area contributed by atoms with Crippen molar-refractivity contribution in [3.63, 3.8) is 0 Å². The molecule has 0 aromatic carbocycles. The number of hydrogen-bond acceptors (Lipinski definition) is 2. The Balaban J connectivity index is 2.50. The summed E-state index contributed by atoms with van der Waals surface area (Å²) in [6.45, 7) is 2.81. The third-order valence-electron chi connectivity index (χ3n) is 2.19. The molecule has 10 heavy (non-hydrogen) atoms. The largest absolute Gasteiger partial charge is 0.368 e. The lowest BCUT2D eigenvalue weighted by molar-refractivity contribution is -0.127. The zero-order chi connectivity index (χ0) is 7.61. The van der Waals surface area contributed by atoms with Gasteiger partial charge in [0.25, 0.3) is 0 Å². The first kappa shape index (κ1) is 7.54. The summed E-state index contributed by atoms with van der Waals surface area (Å²) < 4.78 is 0. The third-order valence-corrected chi connectivity index (χ3v) is 2.19. The molecule has 0 aromatic heterocycles. The number of hydrogen-bond donors (Lipinski definition) is 2. The number of nitrogens with two attached hydrogens (primary N) is 1. The van der Waals surface area contributed by atoms with Crippen molar-refractivity contribution in [1.82, 2.24) is 5.32 Å². The first-order valence-corrected chi connectivity index (χ1v) is 3.76. The predicted octanol–water partition coefficient (Wildman–Crippen LogP) is 0.00390. The molecule has 0 radical (unpaired) electrons. The Morgan fingerprint density at radius 1 is 1.70 bits per heavy atom. The van der Waals surface area contributed by atoms with E-state index in [0.29, 0.717) is 0 Å². The summed E-state index contributed by atoms with van der Waals surface area (Å²) in [7, 11) is 0. The molecule has 1 aliphatic rings. The van der Waals surface area contributed by atoms with Gasteiger partial charge in [-0.1, -0.05) is 6.92 Å². The van der Waals surface area contributed by atoms with Crippen LogP contribution >= 0.6 is 0 Å². The van der Waals surface area contributed by atoms with Gasteiger partial charge in [-0.15, -0.1) is 0 Å². The highest BCUT2D eigenvalue weighted by molar-refractivity contribution is 5.85. The van der Waals surface area contributed by atoms with Crippen LogP contribution in [0.15, 0.2) is 0 Å². The smallest absolute Gasteiger partial charge is 0.237 e. The van der Waals surface area contributed by atoms with Gasteiger partial charge < -0.3 is 11.1 Å². The fraction of sp³-hybridized carbons (Fsp3) is 0.857. The number of likely N-dealkylation sites (N-methyl/N-ethyl adjacent to an activating group) is 1. The summed E-state index contributed by atoms with van der Waals surface area (Å²) in [6, 6.07) is 0. The molecule has 0 atom stereocenters. The highest BCUT2D eigenvalue weighted by Gasteiger charge is 2.41. The molecule has 3 heteroatoms. The molecule has 1 saturated carbocycles. The molecule has 0 aliphatic heterocycles. The van der Waals surface area contributed by atoms with Crippen molar-refractivity contribution in [2.75, 3.05) is 6.54 Å². The minimum atomic E-state index is -0.339. The van der Waals surface area contributed by atoms with E-state index in [2.05, 4.69) is 5.32 Å². The van der Waals surface area contributed by atoms with Crippen LogP contribution in [-0.4, -0.2) is 18.0 Å². The maximum absolute atomic E-state index is 10.9. The molecule has 0 heterocycles. The summed E-state index contributed by atoms with van der Waals surface area (Å²) in [6.07, 6.45) is 2.95. The van der Waals surface area contributed by atoms with E-state index >= 15 is 0 Å². The fourth-order valence-corrected chi connectivity index (χ4v) is 1.38. The molecule has 1 aliphatic carbocycles. The SMILES string of the molecule is CCNC1(C(N)=O)CCC1. The van der Waals surface area contributed by atoms with E-state index in [4.69, 9.17) is 5.73 Å². The fourth-order valence-electron chi connectivity index (χ4n) is 1.38. The lowest BCUT2D eigenvalue weighted by Gasteiger charge is -2.39. The van der Waals surface area contributed by atoms with Crippen molar-refractivity contribution in [3.05, 3.63) is 0 Å². The molecule has 1 rings (SSSR count). The Kier molecular flexibility index (Phi) is 1.94. The highest BCUT2D eigenvalue weighted by Crippen LogP contribution is 2.30.